The molecule has 2 atom stereocenters. The van der Waals surface area contributed by atoms with Crippen LogP contribution in [-0.4, -0.2) is 39.2 Å². The lowest BCUT2D eigenvalue weighted by Crippen LogP contribution is -2.30. The van der Waals surface area contributed by atoms with Gasteiger partial charge in [0.1, 0.15) is 5.25 Å². The zero-order valence-electron chi connectivity index (χ0n) is 11.4. The number of carbonyl (C=O) groups excluding carboxylic acids is 1. The molecule has 5 nitrogen and oxygen atoms in total. The Morgan fingerprint density at radius 2 is 1.95 bits per heavy atom. The highest BCUT2D eigenvalue weighted by Gasteiger charge is 2.24. The average Bonchev–Trinajstić information content (AvgIpc) is 2.45. The van der Waals surface area contributed by atoms with Gasteiger partial charge in [0.2, 0.25) is 5.91 Å². The number of rotatable bonds is 8. The van der Waals surface area contributed by atoms with E-state index in [-0.39, 0.29) is 24.5 Å². The molecule has 2 N–H and O–H groups in total. The molecule has 110 valence electrons. The van der Waals surface area contributed by atoms with Crippen molar-refractivity contribution in [2.24, 2.45) is 0 Å². The maximum Gasteiger partial charge on any atom is 0.319 e. The van der Waals surface area contributed by atoms with Crippen LogP contribution in [0.15, 0.2) is 30.3 Å². The minimum Gasteiger partial charge on any atom is -0.480 e. The van der Waals surface area contributed by atoms with Crippen molar-refractivity contribution < 1.29 is 18.9 Å². The first-order chi connectivity index (χ1) is 9.54. The SMILES string of the molecule is CNC(=O)CCCS(=O)C(Cc1ccccc1)C(=O)O. The Balaban J connectivity index is 2.55. The van der Waals surface area contributed by atoms with Crippen LogP contribution in [0.3, 0.4) is 0 Å². The predicted octanol–water partition coefficient (Wildman–Crippen LogP) is 0.957. The first kappa shape index (κ1) is 16.4. The number of carbonyl (C=O) groups is 2. The van der Waals surface area contributed by atoms with E-state index < -0.39 is 22.0 Å². The molecule has 0 aliphatic carbocycles. The van der Waals surface area contributed by atoms with Crippen molar-refractivity contribution >= 4 is 22.7 Å². The van der Waals surface area contributed by atoms with Crippen molar-refractivity contribution in [3.8, 4) is 0 Å². The Bertz CT molecular complexity index is 475. The van der Waals surface area contributed by atoms with E-state index >= 15 is 0 Å². The number of nitrogens with one attached hydrogen (secondary N) is 1. The summed E-state index contributed by atoms with van der Waals surface area (Å²) in [6.07, 6.45) is 0.924. The molecule has 0 spiro atoms. The molecule has 0 saturated heterocycles. The fraction of sp³-hybridized carbons (Fsp3) is 0.429. The third-order valence-corrected chi connectivity index (χ3v) is 4.58. The van der Waals surface area contributed by atoms with Crippen molar-refractivity contribution in [3.63, 3.8) is 0 Å². The van der Waals surface area contributed by atoms with Crippen molar-refractivity contribution in [2.45, 2.75) is 24.5 Å². The summed E-state index contributed by atoms with van der Waals surface area (Å²) in [5, 5.41) is 10.7. The van der Waals surface area contributed by atoms with Gasteiger partial charge in [-0.1, -0.05) is 30.3 Å². The van der Waals surface area contributed by atoms with Gasteiger partial charge in [-0.05, 0) is 18.4 Å². The molecule has 1 rings (SSSR count). The zero-order chi connectivity index (χ0) is 15.0. The van der Waals surface area contributed by atoms with Gasteiger partial charge in [0.25, 0.3) is 0 Å². The number of benzene rings is 1. The molecule has 6 heteroatoms. The number of carboxylic acid groups (broad SMARTS) is 1. The third-order valence-electron chi connectivity index (χ3n) is 2.88. The molecule has 0 saturated carbocycles. The molecule has 0 fully saturated rings. The van der Waals surface area contributed by atoms with Gasteiger partial charge in [0, 0.05) is 30.0 Å². The molecule has 0 aromatic heterocycles. The number of carboxylic acids is 1. The fourth-order valence-corrected chi connectivity index (χ4v) is 3.08. The topological polar surface area (TPSA) is 83.5 Å². The van der Waals surface area contributed by atoms with E-state index in [9.17, 15) is 18.9 Å². The average molecular weight is 297 g/mol. The van der Waals surface area contributed by atoms with Crippen LogP contribution >= 0.6 is 0 Å². The van der Waals surface area contributed by atoms with Gasteiger partial charge in [0.15, 0.2) is 0 Å². The second kappa shape index (κ2) is 8.47. The lowest BCUT2D eigenvalue weighted by atomic mass is 10.1. The summed E-state index contributed by atoms with van der Waals surface area (Å²) >= 11 is 0. The largest absolute Gasteiger partial charge is 0.480 e. The predicted molar refractivity (Wildman–Crippen MR) is 77.9 cm³/mol. The highest BCUT2D eigenvalue weighted by atomic mass is 32.2. The van der Waals surface area contributed by atoms with Gasteiger partial charge in [-0.25, -0.2) is 0 Å². The lowest BCUT2D eigenvalue weighted by Gasteiger charge is -2.12. The van der Waals surface area contributed by atoms with E-state index in [1.54, 1.807) is 0 Å². The Hall–Kier alpha value is -1.69. The second-order valence-corrected chi connectivity index (χ2v) is 6.12. The van der Waals surface area contributed by atoms with Crippen molar-refractivity contribution in [2.75, 3.05) is 12.8 Å². The first-order valence-electron chi connectivity index (χ1n) is 6.39. The van der Waals surface area contributed by atoms with E-state index in [1.165, 1.54) is 7.05 Å². The Morgan fingerprint density at radius 1 is 1.30 bits per heavy atom. The summed E-state index contributed by atoms with van der Waals surface area (Å²) in [7, 11) is 0.0501. The molecular formula is C14H19NO4S. The number of hydrogen-bond donors (Lipinski definition) is 2. The summed E-state index contributed by atoms with van der Waals surface area (Å²) in [4.78, 5) is 22.3. The van der Waals surface area contributed by atoms with E-state index in [4.69, 9.17) is 0 Å². The van der Waals surface area contributed by atoms with Crippen LogP contribution < -0.4 is 5.32 Å². The monoisotopic (exact) mass is 297 g/mol. The standard InChI is InChI=1S/C14H19NO4S/c1-15-13(16)8-5-9-20(19)12(14(17)18)10-11-6-3-2-4-7-11/h2-4,6-7,12H,5,8-10H2,1H3,(H,15,16)(H,17,18). The summed E-state index contributed by atoms with van der Waals surface area (Å²) in [5.41, 5.74) is 0.847. The maximum absolute atomic E-state index is 12.1. The van der Waals surface area contributed by atoms with E-state index in [2.05, 4.69) is 5.32 Å². The summed E-state index contributed by atoms with van der Waals surface area (Å²) in [6.45, 7) is 0. The van der Waals surface area contributed by atoms with Crippen LogP contribution in [0.4, 0.5) is 0 Å². The summed E-state index contributed by atoms with van der Waals surface area (Å²) in [6, 6.07) is 9.13. The summed E-state index contributed by atoms with van der Waals surface area (Å²) in [5.74, 6) is -0.971. The Kier molecular flexibility index (Phi) is 6.93. The maximum atomic E-state index is 12.1. The smallest absolute Gasteiger partial charge is 0.319 e. The molecule has 20 heavy (non-hydrogen) atoms. The van der Waals surface area contributed by atoms with Crippen molar-refractivity contribution in [1.82, 2.24) is 5.32 Å². The fourth-order valence-electron chi connectivity index (χ4n) is 1.76. The Labute approximate surface area is 120 Å². The number of hydrogen-bond acceptors (Lipinski definition) is 3. The molecule has 1 amide bonds. The minimum atomic E-state index is -1.49. The molecule has 0 radical (unpaired) electrons. The molecule has 1 aromatic rings. The first-order valence-corrected chi connectivity index (χ1v) is 7.77. The highest BCUT2D eigenvalue weighted by Crippen LogP contribution is 2.10. The lowest BCUT2D eigenvalue weighted by molar-refractivity contribution is -0.136. The van der Waals surface area contributed by atoms with Gasteiger partial charge in [0.05, 0.1) is 0 Å². The van der Waals surface area contributed by atoms with Crippen molar-refractivity contribution in [1.29, 1.82) is 0 Å². The molecule has 1 aromatic carbocycles. The molecule has 0 bridgehead atoms. The van der Waals surface area contributed by atoms with Gasteiger partial charge in [-0.15, -0.1) is 0 Å². The quantitative estimate of drug-likeness (QED) is 0.748. The van der Waals surface area contributed by atoms with Crippen molar-refractivity contribution in [3.05, 3.63) is 35.9 Å². The van der Waals surface area contributed by atoms with Gasteiger partial charge < -0.3 is 10.4 Å². The van der Waals surface area contributed by atoms with Crippen LogP contribution in [0.5, 0.6) is 0 Å². The number of amides is 1. The molecule has 0 aliphatic heterocycles. The normalized spacial score (nSPS) is 13.4. The van der Waals surface area contributed by atoms with Crippen LogP contribution in [0.25, 0.3) is 0 Å². The minimum absolute atomic E-state index is 0.128. The van der Waals surface area contributed by atoms with Gasteiger partial charge in [-0.3, -0.25) is 13.8 Å². The number of aliphatic carboxylic acids is 1. The summed E-state index contributed by atoms with van der Waals surface area (Å²) < 4.78 is 12.1. The van der Waals surface area contributed by atoms with Crippen LogP contribution in [-0.2, 0) is 26.8 Å². The van der Waals surface area contributed by atoms with E-state index in [1.807, 2.05) is 30.3 Å². The van der Waals surface area contributed by atoms with Gasteiger partial charge in [-0.2, -0.15) is 0 Å². The van der Waals surface area contributed by atoms with E-state index in [0.29, 0.717) is 6.42 Å². The Morgan fingerprint density at radius 3 is 2.50 bits per heavy atom. The van der Waals surface area contributed by atoms with Crippen LogP contribution in [0.2, 0.25) is 0 Å². The highest BCUT2D eigenvalue weighted by molar-refractivity contribution is 7.86. The molecule has 0 aliphatic rings. The zero-order valence-corrected chi connectivity index (χ0v) is 12.2. The second-order valence-electron chi connectivity index (χ2n) is 4.38. The third kappa shape index (κ3) is 5.52. The van der Waals surface area contributed by atoms with Crippen LogP contribution in [0, 0.1) is 0 Å². The van der Waals surface area contributed by atoms with Crippen LogP contribution in [0.1, 0.15) is 18.4 Å². The van der Waals surface area contributed by atoms with Gasteiger partial charge >= 0.3 is 5.97 Å². The molecule has 0 heterocycles. The van der Waals surface area contributed by atoms with E-state index in [0.717, 1.165) is 5.56 Å². The molecular weight excluding hydrogens is 278 g/mol. The molecule has 2 unspecified atom stereocenters.